The summed E-state index contributed by atoms with van der Waals surface area (Å²) in [6.07, 6.45) is 0. The molecule has 0 bridgehead atoms. The van der Waals surface area contributed by atoms with Crippen molar-refractivity contribution in [3.63, 3.8) is 0 Å². The quantitative estimate of drug-likeness (QED) is 0.0308. The van der Waals surface area contributed by atoms with E-state index in [1.54, 1.807) is 49.9 Å². The number of nitrogens with zero attached hydrogens (tertiary/aromatic N) is 6. The van der Waals surface area contributed by atoms with Crippen molar-refractivity contribution in [2.75, 3.05) is 72.3 Å². The standard InChI is InChI=1S/C35H35N3O8.C35H33N3O6/c1-43-28-16-8-24(9-17-28)20-37(21-25-10-18-29(44-2)19-11-25)26-12-14-27(15-13-26)38-31-7-5-4-6-30(31)32(36-38)33(40)46-23-35(42,22-39)34(41)45-3;1-24(34(39)43-4)23-44-35(40)33-31-7-5-6-8-32(31)38(36-33)28-15-13-27(14-16-28)37(21-25-9-17-29(41-2)18-10-25)22-26-11-19-30(42-3)20-12-26/h4-19,39,42H,20-23H2,1-3H3;5-20H,1,21-23H2,2-4H3. The van der Waals surface area contributed by atoms with Crippen molar-refractivity contribution < 1.29 is 67.3 Å². The molecule has 10 rings (SSSR count). The zero-order valence-corrected chi connectivity index (χ0v) is 50.6. The lowest BCUT2D eigenvalue weighted by atomic mass is 10.1. The van der Waals surface area contributed by atoms with E-state index in [-0.39, 0.29) is 23.6 Å². The molecule has 0 fully saturated rings. The van der Waals surface area contributed by atoms with Gasteiger partial charge in [-0.15, -0.1) is 0 Å². The summed E-state index contributed by atoms with van der Waals surface area (Å²) in [5.41, 5.74) is 7.14. The van der Waals surface area contributed by atoms with Crippen molar-refractivity contribution in [1.82, 2.24) is 19.6 Å². The average molecular weight is 1220 g/mol. The number of rotatable bonds is 25. The second-order valence-corrected chi connectivity index (χ2v) is 20.6. The molecule has 2 aromatic heterocycles. The lowest BCUT2D eigenvalue weighted by Crippen LogP contribution is -2.48. The van der Waals surface area contributed by atoms with Gasteiger partial charge in [0.25, 0.3) is 0 Å². The van der Waals surface area contributed by atoms with Crippen LogP contribution >= 0.6 is 0 Å². The second-order valence-electron chi connectivity index (χ2n) is 20.6. The summed E-state index contributed by atoms with van der Waals surface area (Å²) in [6.45, 7) is 4.15. The summed E-state index contributed by atoms with van der Waals surface area (Å²) in [5.74, 6) is -0.0909. The Balaban J connectivity index is 0.000000214. The minimum Gasteiger partial charge on any atom is -0.497 e. The number of aliphatic hydroxyl groups is 2. The van der Waals surface area contributed by atoms with E-state index < -0.39 is 42.7 Å². The van der Waals surface area contributed by atoms with Crippen LogP contribution in [0.5, 0.6) is 23.0 Å². The Morgan fingerprint density at radius 1 is 0.467 bits per heavy atom. The van der Waals surface area contributed by atoms with Gasteiger partial charge >= 0.3 is 23.9 Å². The third-order valence-electron chi connectivity index (χ3n) is 14.7. The number of carbonyl (C=O) groups is 4. The number of methoxy groups -OCH3 is 6. The van der Waals surface area contributed by atoms with E-state index >= 15 is 0 Å². The van der Waals surface area contributed by atoms with Crippen molar-refractivity contribution in [3.8, 4) is 34.4 Å². The third-order valence-corrected chi connectivity index (χ3v) is 14.7. The maximum Gasteiger partial charge on any atom is 0.359 e. The molecule has 1 atom stereocenters. The summed E-state index contributed by atoms with van der Waals surface area (Å²) >= 11 is 0. The van der Waals surface area contributed by atoms with Crippen molar-refractivity contribution in [3.05, 3.63) is 240 Å². The number of hydrogen-bond donors (Lipinski definition) is 2. The molecule has 1 unspecified atom stereocenters. The summed E-state index contributed by atoms with van der Waals surface area (Å²) in [4.78, 5) is 54.1. The molecule has 90 heavy (non-hydrogen) atoms. The summed E-state index contributed by atoms with van der Waals surface area (Å²) < 4.78 is 44.3. The fraction of sp³-hybridized carbons (Fsp3) is 0.200. The first-order valence-corrected chi connectivity index (χ1v) is 28.4. The Labute approximate surface area is 520 Å². The van der Waals surface area contributed by atoms with Crippen molar-refractivity contribution >= 4 is 57.1 Å². The Morgan fingerprint density at radius 2 is 0.811 bits per heavy atom. The van der Waals surface area contributed by atoms with Gasteiger partial charge in [-0.05, 0) is 131 Å². The number of ether oxygens (including phenoxy) is 8. The molecule has 10 aromatic rings. The first kappa shape index (κ1) is 63.5. The highest BCUT2D eigenvalue weighted by molar-refractivity contribution is 6.04. The fourth-order valence-electron chi connectivity index (χ4n) is 9.76. The minimum absolute atomic E-state index is 0.00882. The normalized spacial score (nSPS) is 11.5. The van der Waals surface area contributed by atoms with Crippen LogP contribution < -0.4 is 28.7 Å². The van der Waals surface area contributed by atoms with Gasteiger partial charge in [-0.25, -0.2) is 28.5 Å². The predicted molar refractivity (Wildman–Crippen MR) is 340 cm³/mol. The topological polar surface area (TPSA) is 225 Å². The van der Waals surface area contributed by atoms with E-state index in [1.807, 2.05) is 158 Å². The molecule has 462 valence electrons. The molecular weight excluding hydrogens is 1150 g/mol. The molecule has 0 saturated carbocycles. The van der Waals surface area contributed by atoms with E-state index in [0.717, 1.165) is 74.9 Å². The highest BCUT2D eigenvalue weighted by atomic mass is 16.6. The van der Waals surface area contributed by atoms with E-state index in [1.165, 1.54) is 7.11 Å². The van der Waals surface area contributed by atoms with Crippen molar-refractivity contribution in [2.45, 2.75) is 31.8 Å². The van der Waals surface area contributed by atoms with Crippen LogP contribution in [-0.2, 0) is 54.7 Å². The summed E-state index contributed by atoms with van der Waals surface area (Å²) in [5, 5.41) is 30.1. The van der Waals surface area contributed by atoms with Gasteiger partial charge in [0.05, 0.1) is 77.2 Å². The Bertz CT molecular complexity index is 3980. The lowest BCUT2D eigenvalue weighted by Gasteiger charge is -2.26. The Kier molecular flexibility index (Phi) is 20.9. The smallest absolute Gasteiger partial charge is 0.359 e. The molecule has 0 spiro atoms. The highest BCUT2D eigenvalue weighted by Gasteiger charge is 2.39. The minimum atomic E-state index is -2.39. The Hall–Kier alpha value is -11.0. The first-order valence-electron chi connectivity index (χ1n) is 28.4. The third kappa shape index (κ3) is 15.2. The van der Waals surface area contributed by atoms with Gasteiger partial charge in [0.2, 0.25) is 5.60 Å². The van der Waals surface area contributed by atoms with Crippen LogP contribution in [0.1, 0.15) is 43.2 Å². The van der Waals surface area contributed by atoms with Gasteiger partial charge in [0.15, 0.2) is 11.4 Å². The summed E-state index contributed by atoms with van der Waals surface area (Å²) in [6, 6.07) is 62.4. The van der Waals surface area contributed by atoms with Gasteiger partial charge in [0.1, 0.15) is 36.2 Å². The van der Waals surface area contributed by atoms with Gasteiger partial charge in [0, 0.05) is 48.3 Å². The van der Waals surface area contributed by atoms with Crippen LogP contribution in [0.3, 0.4) is 0 Å². The molecular formula is C70H68N6O14. The van der Waals surface area contributed by atoms with Crippen LogP contribution in [0.4, 0.5) is 11.4 Å². The number of anilines is 2. The first-order chi connectivity index (χ1) is 43.7. The fourth-order valence-corrected chi connectivity index (χ4v) is 9.76. The number of hydrogen-bond acceptors (Lipinski definition) is 18. The summed E-state index contributed by atoms with van der Waals surface area (Å²) in [7, 11) is 8.90. The molecule has 20 nitrogen and oxygen atoms in total. The zero-order chi connectivity index (χ0) is 63.7. The molecule has 20 heteroatoms. The van der Waals surface area contributed by atoms with Crippen LogP contribution in [0, 0.1) is 0 Å². The number of para-hydroxylation sites is 2. The van der Waals surface area contributed by atoms with Gasteiger partial charge in [-0.3, -0.25) is 0 Å². The monoisotopic (exact) mass is 1220 g/mol. The molecule has 0 amide bonds. The van der Waals surface area contributed by atoms with Crippen LogP contribution in [0.2, 0.25) is 0 Å². The zero-order valence-electron chi connectivity index (χ0n) is 50.6. The van der Waals surface area contributed by atoms with Crippen LogP contribution in [-0.4, -0.2) is 122 Å². The van der Waals surface area contributed by atoms with Crippen molar-refractivity contribution in [1.29, 1.82) is 0 Å². The maximum atomic E-state index is 13.1. The highest BCUT2D eigenvalue weighted by Crippen LogP contribution is 2.30. The number of esters is 4. The largest absolute Gasteiger partial charge is 0.497 e. The molecule has 0 aliphatic rings. The lowest BCUT2D eigenvalue weighted by molar-refractivity contribution is -0.171. The number of benzene rings is 8. The van der Waals surface area contributed by atoms with E-state index in [4.69, 9.17) is 28.4 Å². The number of carbonyl (C=O) groups excluding carboxylic acids is 4. The number of fused-ring (bicyclic) bond motifs is 2. The molecule has 2 N–H and O–H groups in total. The van der Waals surface area contributed by atoms with E-state index in [2.05, 4.69) is 60.3 Å². The van der Waals surface area contributed by atoms with E-state index in [9.17, 15) is 29.4 Å². The SMILES string of the molecule is C=C(COC(=O)c1nn(-c2ccc(N(Cc3ccc(OC)cc3)Cc3ccc(OC)cc3)cc2)c2ccccc12)C(=O)OC.COC(=O)C(O)(CO)COC(=O)c1nn(-c2ccc(N(Cc3ccc(OC)cc3)Cc3ccc(OC)cc3)cc2)c2ccccc12. The number of aromatic nitrogens is 4. The molecule has 0 radical (unpaired) electrons. The van der Waals surface area contributed by atoms with Crippen molar-refractivity contribution in [2.24, 2.45) is 0 Å². The molecule has 0 saturated heterocycles. The molecule has 0 aliphatic carbocycles. The molecule has 8 aromatic carbocycles. The molecule has 0 aliphatic heterocycles. The molecule has 2 heterocycles. The van der Waals surface area contributed by atoms with Gasteiger partial charge < -0.3 is 57.9 Å². The Morgan fingerprint density at radius 3 is 1.13 bits per heavy atom. The predicted octanol–water partition coefficient (Wildman–Crippen LogP) is 10.4. The average Bonchev–Trinajstić information content (AvgIpc) is 4.06. The van der Waals surface area contributed by atoms with Crippen LogP contribution in [0.25, 0.3) is 33.2 Å². The van der Waals surface area contributed by atoms with Gasteiger partial charge in [-0.2, -0.15) is 10.2 Å². The maximum absolute atomic E-state index is 13.1. The second kappa shape index (κ2) is 29.6. The van der Waals surface area contributed by atoms with Gasteiger partial charge in [-0.1, -0.05) is 91.5 Å². The number of aliphatic hydroxyl groups excluding tert-OH is 1. The van der Waals surface area contributed by atoms with E-state index in [0.29, 0.717) is 48.2 Å². The van der Waals surface area contributed by atoms with Crippen LogP contribution in [0.15, 0.2) is 206 Å².